The molecule has 0 aromatic heterocycles. The SMILES string of the molecule is COc1cc([C@@H]2N=C(SC)N(c3ccccc3)C(C)=C2C(C)=O)c([N+](=O)[O-])cc1OCc1ccccc1. The van der Waals surface area contributed by atoms with Crippen LogP contribution in [0.2, 0.25) is 0 Å². The summed E-state index contributed by atoms with van der Waals surface area (Å²) in [4.78, 5) is 31.4. The number of nitro benzene ring substituents is 1. The van der Waals surface area contributed by atoms with Crippen molar-refractivity contribution in [2.24, 2.45) is 4.99 Å². The molecule has 0 bridgehead atoms. The number of Topliss-reactive ketones (excluding diaryl/α,β-unsaturated/α-hetero) is 1. The molecule has 3 aromatic carbocycles. The topological polar surface area (TPSA) is 94.3 Å². The number of allylic oxidation sites excluding steroid dienone is 1. The van der Waals surface area contributed by atoms with Crippen LogP contribution in [0, 0.1) is 10.1 Å². The van der Waals surface area contributed by atoms with Crippen LogP contribution in [0.5, 0.6) is 11.5 Å². The molecule has 3 aromatic rings. The van der Waals surface area contributed by atoms with Gasteiger partial charge >= 0.3 is 0 Å². The molecule has 0 radical (unpaired) electrons. The molecule has 0 unspecified atom stereocenters. The molecule has 0 saturated carbocycles. The summed E-state index contributed by atoms with van der Waals surface area (Å²) in [5.74, 6) is 0.344. The number of ether oxygens (including phenoxy) is 2. The van der Waals surface area contributed by atoms with Crippen LogP contribution in [-0.2, 0) is 11.4 Å². The van der Waals surface area contributed by atoms with Crippen LogP contribution in [0.25, 0.3) is 0 Å². The summed E-state index contributed by atoms with van der Waals surface area (Å²) in [5, 5.41) is 12.9. The summed E-state index contributed by atoms with van der Waals surface area (Å²) >= 11 is 1.40. The van der Waals surface area contributed by atoms with Gasteiger partial charge in [-0.25, -0.2) is 4.99 Å². The van der Waals surface area contributed by atoms with E-state index >= 15 is 0 Å². The Hall–Kier alpha value is -4.11. The van der Waals surface area contributed by atoms with E-state index in [9.17, 15) is 14.9 Å². The number of benzene rings is 3. The number of carbonyl (C=O) groups is 1. The Morgan fingerprint density at radius 3 is 2.30 bits per heavy atom. The van der Waals surface area contributed by atoms with E-state index in [1.54, 1.807) is 6.07 Å². The molecule has 190 valence electrons. The zero-order valence-corrected chi connectivity index (χ0v) is 21.8. The van der Waals surface area contributed by atoms with Crippen molar-refractivity contribution in [3.63, 3.8) is 0 Å². The molecule has 0 spiro atoms. The molecule has 4 rings (SSSR count). The van der Waals surface area contributed by atoms with Crippen LogP contribution in [0.3, 0.4) is 0 Å². The number of amidine groups is 1. The predicted molar refractivity (Wildman–Crippen MR) is 146 cm³/mol. The van der Waals surface area contributed by atoms with E-state index in [-0.39, 0.29) is 29.4 Å². The summed E-state index contributed by atoms with van der Waals surface area (Å²) in [6.07, 6.45) is 1.88. The standard InChI is InChI=1S/C28H27N3O5S/c1-18-26(19(2)32)27(29-28(37-4)30(18)21-13-9-6-10-14-21)22-15-24(35-3)25(16-23(22)31(33)34)36-17-20-11-7-5-8-12-20/h5-16,27H,17H2,1-4H3/t27-/m0/s1. The van der Waals surface area contributed by atoms with Crippen molar-refractivity contribution < 1.29 is 19.2 Å². The Morgan fingerprint density at radius 1 is 1.08 bits per heavy atom. The number of rotatable bonds is 8. The lowest BCUT2D eigenvalue weighted by atomic mass is 9.91. The van der Waals surface area contributed by atoms with Crippen LogP contribution in [0.4, 0.5) is 11.4 Å². The van der Waals surface area contributed by atoms with Gasteiger partial charge in [0.1, 0.15) is 12.6 Å². The number of nitrogens with zero attached hydrogens (tertiary/aromatic N) is 3. The van der Waals surface area contributed by atoms with Crippen molar-refractivity contribution in [1.82, 2.24) is 0 Å². The van der Waals surface area contributed by atoms with Gasteiger partial charge in [-0.1, -0.05) is 60.3 Å². The molecule has 9 heteroatoms. The van der Waals surface area contributed by atoms with Crippen LogP contribution in [0.1, 0.15) is 31.0 Å². The number of anilines is 1. The second-order valence-corrected chi connectivity index (χ2v) is 9.11. The van der Waals surface area contributed by atoms with Gasteiger partial charge in [-0.15, -0.1) is 0 Å². The van der Waals surface area contributed by atoms with Gasteiger partial charge in [-0.05, 0) is 43.9 Å². The van der Waals surface area contributed by atoms with Crippen molar-refractivity contribution in [2.75, 3.05) is 18.3 Å². The number of nitro groups is 1. The molecular formula is C28H27N3O5S. The number of thioether (sulfide) groups is 1. The number of methoxy groups -OCH3 is 1. The molecule has 1 heterocycles. The molecular weight excluding hydrogens is 490 g/mol. The highest BCUT2D eigenvalue weighted by molar-refractivity contribution is 8.13. The fraction of sp³-hybridized carbons (Fsp3) is 0.214. The minimum atomic E-state index is -0.877. The number of hydrogen-bond acceptors (Lipinski definition) is 8. The van der Waals surface area contributed by atoms with E-state index in [2.05, 4.69) is 0 Å². The minimum Gasteiger partial charge on any atom is -0.493 e. The van der Waals surface area contributed by atoms with Crippen LogP contribution >= 0.6 is 11.8 Å². The van der Waals surface area contributed by atoms with Gasteiger partial charge in [0.2, 0.25) is 0 Å². The Balaban J connectivity index is 1.83. The maximum Gasteiger partial charge on any atom is 0.279 e. The number of hydrogen-bond donors (Lipinski definition) is 0. The second kappa shape index (κ2) is 11.3. The maximum atomic E-state index is 12.9. The second-order valence-electron chi connectivity index (χ2n) is 8.34. The van der Waals surface area contributed by atoms with Crippen molar-refractivity contribution in [3.8, 4) is 11.5 Å². The molecule has 0 aliphatic carbocycles. The third kappa shape index (κ3) is 5.36. The van der Waals surface area contributed by atoms with Gasteiger partial charge < -0.3 is 9.47 Å². The molecule has 0 amide bonds. The molecule has 1 atom stereocenters. The van der Waals surface area contributed by atoms with E-state index < -0.39 is 11.0 Å². The van der Waals surface area contributed by atoms with E-state index in [0.717, 1.165) is 11.3 Å². The fourth-order valence-corrected chi connectivity index (χ4v) is 4.98. The number of ketones is 1. The van der Waals surface area contributed by atoms with Gasteiger partial charge in [0.15, 0.2) is 22.4 Å². The van der Waals surface area contributed by atoms with Crippen molar-refractivity contribution in [3.05, 3.63) is 105 Å². The molecule has 0 N–H and O–H groups in total. The smallest absolute Gasteiger partial charge is 0.279 e. The van der Waals surface area contributed by atoms with E-state index in [1.165, 1.54) is 31.9 Å². The average molecular weight is 518 g/mol. The Bertz CT molecular complexity index is 1370. The lowest BCUT2D eigenvalue weighted by molar-refractivity contribution is -0.385. The van der Waals surface area contributed by atoms with Crippen molar-refractivity contribution in [1.29, 1.82) is 0 Å². The summed E-state index contributed by atoms with van der Waals surface area (Å²) < 4.78 is 11.5. The monoisotopic (exact) mass is 517 g/mol. The van der Waals surface area contributed by atoms with Crippen LogP contribution in [0.15, 0.2) is 89.1 Å². The van der Waals surface area contributed by atoms with E-state index in [0.29, 0.717) is 22.2 Å². The van der Waals surface area contributed by atoms with E-state index in [4.69, 9.17) is 14.5 Å². The first kappa shape index (κ1) is 26.0. The first-order chi connectivity index (χ1) is 17.8. The third-order valence-electron chi connectivity index (χ3n) is 6.05. The average Bonchev–Trinajstić information content (AvgIpc) is 2.91. The number of aliphatic imine (C=N–C) groups is 1. The molecule has 37 heavy (non-hydrogen) atoms. The van der Waals surface area contributed by atoms with Gasteiger partial charge in [-0.2, -0.15) is 0 Å². The maximum absolute atomic E-state index is 12.9. The zero-order valence-electron chi connectivity index (χ0n) is 21.0. The molecule has 0 fully saturated rings. The highest BCUT2D eigenvalue weighted by Crippen LogP contribution is 2.45. The number of carbonyl (C=O) groups excluding carboxylic acids is 1. The van der Waals surface area contributed by atoms with E-state index in [1.807, 2.05) is 78.7 Å². The summed E-state index contributed by atoms with van der Waals surface area (Å²) in [6, 6.07) is 21.1. The lowest BCUT2D eigenvalue weighted by Gasteiger charge is -2.34. The lowest BCUT2D eigenvalue weighted by Crippen LogP contribution is -2.34. The molecule has 8 nitrogen and oxygen atoms in total. The Labute approximate surface area is 219 Å². The van der Waals surface area contributed by atoms with Gasteiger partial charge in [0.25, 0.3) is 5.69 Å². The third-order valence-corrected chi connectivity index (χ3v) is 6.70. The predicted octanol–water partition coefficient (Wildman–Crippen LogP) is 6.33. The summed E-state index contributed by atoms with van der Waals surface area (Å²) in [5.41, 5.74) is 2.87. The van der Waals surface area contributed by atoms with Crippen LogP contribution < -0.4 is 14.4 Å². The van der Waals surface area contributed by atoms with Gasteiger partial charge in [-0.3, -0.25) is 19.8 Å². The van der Waals surface area contributed by atoms with Gasteiger partial charge in [0, 0.05) is 17.0 Å². The first-order valence-corrected chi connectivity index (χ1v) is 12.8. The molecule has 1 aliphatic rings. The highest BCUT2D eigenvalue weighted by atomic mass is 32.2. The van der Waals surface area contributed by atoms with Crippen molar-refractivity contribution >= 4 is 34.1 Å². The Kier molecular flexibility index (Phi) is 7.93. The van der Waals surface area contributed by atoms with Crippen molar-refractivity contribution in [2.45, 2.75) is 26.5 Å². The minimum absolute atomic E-state index is 0.197. The highest BCUT2D eigenvalue weighted by Gasteiger charge is 2.36. The fourth-order valence-electron chi connectivity index (χ4n) is 4.34. The number of para-hydroxylation sites is 1. The van der Waals surface area contributed by atoms with Gasteiger partial charge in [0.05, 0.1) is 23.7 Å². The molecule has 1 aliphatic heterocycles. The Morgan fingerprint density at radius 2 is 1.73 bits per heavy atom. The quantitative estimate of drug-likeness (QED) is 0.255. The largest absolute Gasteiger partial charge is 0.493 e. The zero-order chi connectivity index (χ0) is 26.5. The summed E-state index contributed by atoms with van der Waals surface area (Å²) in [7, 11) is 1.47. The summed E-state index contributed by atoms with van der Waals surface area (Å²) in [6.45, 7) is 3.51. The van der Waals surface area contributed by atoms with Crippen LogP contribution in [-0.4, -0.2) is 29.2 Å². The molecule has 0 saturated heterocycles. The first-order valence-electron chi connectivity index (χ1n) is 11.6. The normalized spacial score (nSPS) is 15.3.